The Morgan fingerprint density at radius 2 is 2.27 bits per heavy atom. The zero-order valence-corrected chi connectivity index (χ0v) is 7.23. The highest BCUT2D eigenvalue weighted by Gasteiger charge is 2.24. The molecule has 0 radical (unpaired) electrons. The van der Waals surface area contributed by atoms with Crippen molar-refractivity contribution in [3.63, 3.8) is 0 Å². The van der Waals surface area contributed by atoms with E-state index in [0.29, 0.717) is 0 Å². The van der Waals surface area contributed by atoms with Crippen molar-refractivity contribution in [2.45, 2.75) is 25.7 Å². The van der Waals surface area contributed by atoms with Crippen LogP contribution in [0.2, 0.25) is 5.02 Å². The highest BCUT2D eigenvalue weighted by Crippen LogP contribution is 2.39. The van der Waals surface area contributed by atoms with Gasteiger partial charge < -0.3 is 0 Å². The summed E-state index contributed by atoms with van der Waals surface area (Å²) in [6.45, 7) is 2.02. The highest BCUT2D eigenvalue weighted by molar-refractivity contribution is 6.31. The summed E-state index contributed by atoms with van der Waals surface area (Å²) in [4.78, 5) is 4.27. The van der Waals surface area contributed by atoms with Gasteiger partial charge in [-0.15, -0.1) is 0 Å². The average molecular weight is 168 g/mol. The Kier molecular flexibility index (Phi) is 1.61. The summed E-state index contributed by atoms with van der Waals surface area (Å²) in [7, 11) is 0. The van der Waals surface area contributed by atoms with E-state index in [2.05, 4.69) is 11.1 Å². The van der Waals surface area contributed by atoms with E-state index >= 15 is 0 Å². The fourth-order valence-corrected chi connectivity index (χ4v) is 1.27. The zero-order valence-electron chi connectivity index (χ0n) is 6.47. The Morgan fingerprint density at radius 1 is 1.55 bits per heavy atom. The van der Waals surface area contributed by atoms with Gasteiger partial charge in [0.05, 0.1) is 5.02 Å². The predicted molar refractivity (Wildman–Crippen MR) is 46.0 cm³/mol. The number of pyridine rings is 1. The molecule has 58 valence electrons. The zero-order chi connectivity index (χ0) is 7.84. The molecule has 1 nitrogen and oxygen atoms in total. The average Bonchev–Trinajstić information content (AvgIpc) is 2.77. The molecule has 0 atom stereocenters. The molecule has 0 aromatic carbocycles. The largest absolute Gasteiger partial charge is 0.259 e. The van der Waals surface area contributed by atoms with Crippen molar-refractivity contribution < 1.29 is 0 Å². The number of aryl methyl sites for hydroxylation is 1. The molecule has 2 rings (SSSR count). The second-order valence-corrected chi connectivity index (χ2v) is 3.54. The molecule has 1 heterocycles. The van der Waals surface area contributed by atoms with Crippen molar-refractivity contribution in [2.24, 2.45) is 0 Å². The summed E-state index contributed by atoms with van der Waals surface area (Å²) < 4.78 is 0. The number of aromatic nitrogens is 1. The van der Waals surface area contributed by atoms with E-state index in [1.807, 2.05) is 6.92 Å². The summed E-state index contributed by atoms with van der Waals surface area (Å²) in [6.07, 6.45) is 4.35. The Morgan fingerprint density at radius 3 is 2.82 bits per heavy atom. The Labute approximate surface area is 71.4 Å². The van der Waals surface area contributed by atoms with Gasteiger partial charge >= 0.3 is 0 Å². The third-order valence-electron chi connectivity index (χ3n) is 2.06. The molecule has 1 aromatic rings. The first-order valence-corrected chi connectivity index (χ1v) is 4.27. The van der Waals surface area contributed by atoms with Crippen molar-refractivity contribution in [1.82, 2.24) is 4.98 Å². The van der Waals surface area contributed by atoms with Crippen LogP contribution in [0.25, 0.3) is 0 Å². The molecule has 0 bridgehead atoms. The number of nitrogens with zero attached hydrogens (tertiary/aromatic N) is 1. The number of halogens is 1. The van der Waals surface area contributed by atoms with Crippen LogP contribution in [0.5, 0.6) is 0 Å². The topological polar surface area (TPSA) is 12.9 Å². The summed E-state index contributed by atoms with van der Waals surface area (Å²) in [5, 5.41) is 0.773. The molecular weight excluding hydrogens is 158 g/mol. The first-order valence-electron chi connectivity index (χ1n) is 3.89. The quantitative estimate of drug-likeness (QED) is 0.627. The Balaban J connectivity index is 2.36. The molecular formula is C9H10ClN. The molecule has 0 aliphatic heterocycles. The van der Waals surface area contributed by atoms with Crippen LogP contribution < -0.4 is 0 Å². The van der Waals surface area contributed by atoms with Gasteiger partial charge in [0.1, 0.15) is 0 Å². The van der Waals surface area contributed by atoms with Crippen LogP contribution in [0.1, 0.15) is 30.0 Å². The lowest BCUT2D eigenvalue weighted by molar-refractivity contribution is 1.01. The lowest BCUT2D eigenvalue weighted by Crippen LogP contribution is -1.87. The number of hydrogen-bond acceptors (Lipinski definition) is 1. The van der Waals surface area contributed by atoms with Crippen molar-refractivity contribution >= 4 is 11.6 Å². The molecule has 0 saturated heterocycles. The van der Waals surface area contributed by atoms with Gasteiger partial charge in [0.15, 0.2) is 0 Å². The van der Waals surface area contributed by atoms with Gasteiger partial charge in [0, 0.05) is 17.8 Å². The molecule has 1 aliphatic rings. The summed E-state index contributed by atoms with van der Waals surface area (Å²) >= 11 is 5.84. The lowest BCUT2D eigenvalue weighted by Gasteiger charge is -1.99. The molecule has 0 amide bonds. The van der Waals surface area contributed by atoms with Gasteiger partial charge in [-0.1, -0.05) is 11.6 Å². The molecule has 1 saturated carbocycles. The Bertz CT molecular complexity index is 279. The third-order valence-corrected chi connectivity index (χ3v) is 2.46. The standard InChI is InChI=1S/C9H10ClN/c1-6-4-9(7-2-3-7)11-5-8(6)10/h4-5,7H,2-3H2,1H3. The molecule has 0 N–H and O–H groups in total. The van der Waals surface area contributed by atoms with Crippen molar-refractivity contribution in [3.8, 4) is 0 Å². The van der Waals surface area contributed by atoms with Gasteiger partial charge in [-0.05, 0) is 31.4 Å². The van der Waals surface area contributed by atoms with Gasteiger partial charge in [-0.3, -0.25) is 4.98 Å². The normalized spacial score (nSPS) is 16.9. The van der Waals surface area contributed by atoms with Crippen LogP contribution in [-0.4, -0.2) is 4.98 Å². The fourth-order valence-electron chi connectivity index (χ4n) is 1.16. The van der Waals surface area contributed by atoms with Gasteiger partial charge in [-0.2, -0.15) is 0 Å². The maximum absolute atomic E-state index is 5.84. The first kappa shape index (κ1) is 7.11. The summed E-state index contributed by atoms with van der Waals surface area (Å²) in [5.74, 6) is 0.728. The molecule has 11 heavy (non-hydrogen) atoms. The predicted octanol–water partition coefficient (Wildman–Crippen LogP) is 2.92. The van der Waals surface area contributed by atoms with Gasteiger partial charge in [0.25, 0.3) is 0 Å². The van der Waals surface area contributed by atoms with Crippen LogP contribution >= 0.6 is 11.6 Å². The van der Waals surface area contributed by atoms with E-state index < -0.39 is 0 Å². The van der Waals surface area contributed by atoms with E-state index in [-0.39, 0.29) is 0 Å². The van der Waals surface area contributed by atoms with E-state index in [1.54, 1.807) is 6.20 Å². The first-order chi connectivity index (χ1) is 5.27. The monoisotopic (exact) mass is 167 g/mol. The van der Waals surface area contributed by atoms with E-state index in [0.717, 1.165) is 16.5 Å². The lowest BCUT2D eigenvalue weighted by atomic mass is 10.2. The number of rotatable bonds is 1. The number of hydrogen-bond donors (Lipinski definition) is 0. The second kappa shape index (κ2) is 2.49. The maximum Gasteiger partial charge on any atom is 0.0618 e. The third kappa shape index (κ3) is 1.38. The molecule has 1 aliphatic carbocycles. The fraction of sp³-hybridized carbons (Fsp3) is 0.444. The van der Waals surface area contributed by atoms with E-state index in [4.69, 9.17) is 11.6 Å². The van der Waals surface area contributed by atoms with Crippen LogP contribution in [-0.2, 0) is 0 Å². The molecule has 0 unspecified atom stereocenters. The minimum Gasteiger partial charge on any atom is -0.259 e. The van der Waals surface area contributed by atoms with Crippen LogP contribution in [0.4, 0.5) is 0 Å². The van der Waals surface area contributed by atoms with Gasteiger partial charge in [-0.25, -0.2) is 0 Å². The van der Waals surface area contributed by atoms with Crippen LogP contribution in [0, 0.1) is 6.92 Å². The minimum absolute atomic E-state index is 0.728. The van der Waals surface area contributed by atoms with Crippen molar-refractivity contribution in [3.05, 3.63) is 28.5 Å². The van der Waals surface area contributed by atoms with E-state index in [9.17, 15) is 0 Å². The van der Waals surface area contributed by atoms with Crippen molar-refractivity contribution in [1.29, 1.82) is 0 Å². The minimum atomic E-state index is 0.728. The highest BCUT2D eigenvalue weighted by atomic mass is 35.5. The summed E-state index contributed by atoms with van der Waals surface area (Å²) in [6, 6.07) is 2.10. The molecule has 1 fully saturated rings. The SMILES string of the molecule is Cc1cc(C2CC2)ncc1Cl. The molecule has 1 aromatic heterocycles. The van der Waals surface area contributed by atoms with Gasteiger partial charge in [0.2, 0.25) is 0 Å². The van der Waals surface area contributed by atoms with Crippen LogP contribution in [0.15, 0.2) is 12.3 Å². The Hall–Kier alpha value is -0.560. The van der Waals surface area contributed by atoms with Crippen molar-refractivity contribution in [2.75, 3.05) is 0 Å². The molecule has 2 heteroatoms. The smallest absolute Gasteiger partial charge is 0.0618 e. The maximum atomic E-state index is 5.84. The van der Waals surface area contributed by atoms with E-state index in [1.165, 1.54) is 18.5 Å². The second-order valence-electron chi connectivity index (χ2n) is 3.13. The summed E-state index contributed by atoms with van der Waals surface area (Å²) in [5.41, 5.74) is 2.36. The molecule has 0 spiro atoms. The van der Waals surface area contributed by atoms with Crippen LogP contribution in [0.3, 0.4) is 0 Å².